The molecule has 0 radical (unpaired) electrons. The van der Waals surface area contributed by atoms with Crippen LogP contribution in [0.3, 0.4) is 0 Å². The van der Waals surface area contributed by atoms with Crippen LogP contribution in [0.25, 0.3) is 0 Å². The Hall–Kier alpha value is -1.23. The molecule has 0 aliphatic carbocycles. The minimum atomic E-state index is -3.85. The lowest BCUT2D eigenvalue weighted by Crippen LogP contribution is -2.15. The molecule has 0 fully saturated rings. The van der Waals surface area contributed by atoms with E-state index in [9.17, 15) is 8.42 Å². The lowest BCUT2D eigenvalue weighted by atomic mass is 10.4. The quantitative estimate of drug-likeness (QED) is 0.389. The van der Waals surface area contributed by atoms with E-state index in [2.05, 4.69) is 9.71 Å². The standard InChI is InChI=1S/C9H8ClN3O2S2/c1-16-9(12-6-11)13-17(14,15)8-4-2-3-7(10)5-8/h2-5H,1H3,(H,12,13). The van der Waals surface area contributed by atoms with Gasteiger partial charge in [0.15, 0.2) is 11.4 Å². The van der Waals surface area contributed by atoms with Gasteiger partial charge < -0.3 is 0 Å². The molecular formula is C9H8ClN3O2S2. The first-order chi connectivity index (χ1) is 7.99. The fraction of sp³-hybridized carbons (Fsp3) is 0.111. The van der Waals surface area contributed by atoms with Crippen LogP contribution in [0, 0.1) is 11.5 Å². The zero-order chi connectivity index (χ0) is 12.9. The second kappa shape index (κ2) is 5.91. The Morgan fingerprint density at radius 1 is 1.59 bits per heavy atom. The third-order valence-electron chi connectivity index (χ3n) is 1.65. The number of thioether (sulfide) groups is 1. The summed E-state index contributed by atoms with van der Waals surface area (Å²) >= 11 is 6.72. The first-order valence-corrected chi connectivity index (χ1v) is 7.33. The van der Waals surface area contributed by atoms with Gasteiger partial charge >= 0.3 is 0 Å². The van der Waals surface area contributed by atoms with E-state index in [4.69, 9.17) is 16.9 Å². The Labute approximate surface area is 109 Å². The van der Waals surface area contributed by atoms with Crippen LogP contribution in [0.1, 0.15) is 0 Å². The Bertz CT molecular complexity index is 578. The van der Waals surface area contributed by atoms with Crippen LogP contribution in [0.2, 0.25) is 5.02 Å². The molecule has 17 heavy (non-hydrogen) atoms. The topological polar surface area (TPSA) is 82.3 Å². The van der Waals surface area contributed by atoms with E-state index < -0.39 is 10.0 Å². The number of hydrogen-bond donors (Lipinski definition) is 1. The van der Waals surface area contributed by atoms with E-state index in [0.717, 1.165) is 11.8 Å². The Kier molecular flexibility index (Phi) is 4.81. The number of hydrogen-bond acceptors (Lipinski definition) is 4. The minimum absolute atomic E-state index is 0.00692. The first kappa shape index (κ1) is 13.8. The van der Waals surface area contributed by atoms with Crippen LogP contribution < -0.4 is 5.32 Å². The van der Waals surface area contributed by atoms with Crippen molar-refractivity contribution in [3.63, 3.8) is 0 Å². The Morgan fingerprint density at radius 3 is 2.82 bits per heavy atom. The van der Waals surface area contributed by atoms with Crippen molar-refractivity contribution in [2.45, 2.75) is 4.90 Å². The van der Waals surface area contributed by atoms with Gasteiger partial charge in [-0.15, -0.1) is 4.40 Å². The molecule has 0 heterocycles. The summed E-state index contributed by atoms with van der Waals surface area (Å²) < 4.78 is 27.1. The molecule has 0 atom stereocenters. The predicted molar refractivity (Wildman–Crippen MR) is 68.3 cm³/mol. The lowest BCUT2D eigenvalue weighted by Gasteiger charge is -2.01. The van der Waals surface area contributed by atoms with Crippen molar-refractivity contribution >= 4 is 38.6 Å². The van der Waals surface area contributed by atoms with Crippen LogP contribution in [0.5, 0.6) is 0 Å². The SMILES string of the molecule is CS/C(=N\S(=O)(=O)c1cccc(Cl)c1)NC#N. The molecule has 0 unspecified atom stereocenters. The second-order valence-corrected chi connectivity index (χ2v) is 5.61. The fourth-order valence-electron chi connectivity index (χ4n) is 0.948. The summed E-state index contributed by atoms with van der Waals surface area (Å²) in [4.78, 5) is -0.0173. The zero-order valence-corrected chi connectivity index (χ0v) is 11.1. The molecular weight excluding hydrogens is 282 g/mol. The van der Waals surface area contributed by atoms with Gasteiger partial charge in [-0.1, -0.05) is 29.4 Å². The number of sulfonamides is 1. The van der Waals surface area contributed by atoms with Crippen LogP contribution in [-0.4, -0.2) is 19.8 Å². The molecule has 8 heteroatoms. The monoisotopic (exact) mass is 289 g/mol. The smallest absolute Gasteiger partial charge is 0.271 e. The number of benzene rings is 1. The average molecular weight is 290 g/mol. The molecule has 0 aliphatic rings. The highest BCUT2D eigenvalue weighted by Crippen LogP contribution is 2.18. The largest absolute Gasteiger partial charge is 0.284 e. The third-order valence-corrected chi connectivity index (χ3v) is 3.86. The summed E-state index contributed by atoms with van der Waals surface area (Å²) in [6.07, 6.45) is 3.22. The molecule has 0 saturated heterocycles. The molecule has 1 aromatic carbocycles. The predicted octanol–water partition coefficient (Wildman–Crippen LogP) is 1.82. The molecule has 0 aromatic heterocycles. The average Bonchev–Trinajstić information content (AvgIpc) is 2.28. The summed E-state index contributed by atoms with van der Waals surface area (Å²) in [6.45, 7) is 0. The molecule has 1 aromatic rings. The van der Waals surface area contributed by atoms with E-state index in [1.165, 1.54) is 18.2 Å². The minimum Gasteiger partial charge on any atom is -0.271 e. The van der Waals surface area contributed by atoms with Gasteiger partial charge in [0.1, 0.15) is 0 Å². The maximum Gasteiger partial charge on any atom is 0.284 e. The van der Waals surface area contributed by atoms with Crippen molar-refractivity contribution in [3.05, 3.63) is 29.3 Å². The van der Waals surface area contributed by atoms with Crippen molar-refractivity contribution in [3.8, 4) is 6.19 Å². The van der Waals surface area contributed by atoms with Crippen molar-refractivity contribution < 1.29 is 8.42 Å². The van der Waals surface area contributed by atoms with Crippen molar-refractivity contribution in [1.29, 1.82) is 5.26 Å². The van der Waals surface area contributed by atoms with Gasteiger partial charge in [0.05, 0.1) is 4.90 Å². The summed E-state index contributed by atoms with van der Waals surface area (Å²) in [7, 11) is -3.85. The van der Waals surface area contributed by atoms with Gasteiger partial charge in [0.2, 0.25) is 0 Å². The molecule has 0 aliphatic heterocycles. The van der Waals surface area contributed by atoms with Gasteiger partial charge in [-0.2, -0.15) is 13.7 Å². The van der Waals surface area contributed by atoms with Gasteiger partial charge in [0.25, 0.3) is 10.0 Å². The highest BCUT2D eigenvalue weighted by Gasteiger charge is 2.14. The highest BCUT2D eigenvalue weighted by molar-refractivity contribution is 8.13. The number of halogens is 1. The van der Waals surface area contributed by atoms with E-state index in [-0.39, 0.29) is 10.1 Å². The molecule has 5 nitrogen and oxygen atoms in total. The number of rotatable bonds is 2. The normalized spacial score (nSPS) is 11.9. The van der Waals surface area contributed by atoms with Crippen LogP contribution >= 0.6 is 23.4 Å². The summed E-state index contributed by atoms with van der Waals surface area (Å²) in [5, 5.41) is 10.9. The maximum absolute atomic E-state index is 11.8. The molecule has 1 N–H and O–H groups in total. The van der Waals surface area contributed by atoms with Gasteiger partial charge in [-0.25, -0.2) is 0 Å². The van der Waals surface area contributed by atoms with Gasteiger partial charge in [-0.05, 0) is 24.5 Å². The number of nitrogens with one attached hydrogen (secondary N) is 1. The number of nitrogens with zero attached hydrogens (tertiary/aromatic N) is 2. The van der Waals surface area contributed by atoms with Crippen LogP contribution in [0.4, 0.5) is 0 Å². The number of amidine groups is 1. The summed E-state index contributed by atoms with van der Waals surface area (Å²) in [6, 6.07) is 5.76. The Morgan fingerprint density at radius 2 is 2.29 bits per heavy atom. The van der Waals surface area contributed by atoms with Crippen molar-refractivity contribution in [2.75, 3.05) is 6.26 Å². The second-order valence-electron chi connectivity index (χ2n) is 2.77. The summed E-state index contributed by atoms with van der Waals surface area (Å²) in [5.74, 6) is 0. The van der Waals surface area contributed by atoms with Gasteiger partial charge in [-0.3, -0.25) is 5.32 Å². The maximum atomic E-state index is 11.8. The summed E-state index contributed by atoms with van der Waals surface area (Å²) in [5.41, 5.74) is 0. The highest BCUT2D eigenvalue weighted by atomic mass is 35.5. The molecule has 0 amide bonds. The van der Waals surface area contributed by atoms with Crippen molar-refractivity contribution in [1.82, 2.24) is 5.32 Å². The van der Waals surface area contributed by atoms with Gasteiger partial charge in [0, 0.05) is 5.02 Å². The third kappa shape index (κ3) is 3.93. The fourth-order valence-corrected chi connectivity index (χ4v) is 2.84. The van der Waals surface area contributed by atoms with E-state index in [1.54, 1.807) is 18.5 Å². The van der Waals surface area contributed by atoms with Crippen molar-refractivity contribution in [2.24, 2.45) is 4.40 Å². The molecule has 0 saturated carbocycles. The van der Waals surface area contributed by atoms with E-state index in [1.807, 2.05) is 0 Å². The number of nitriles is 1. The van der Waals surface area contributed by atoms with Crippen LogP contribution in [-0.2, 0) is 10.0 Å². The lowest BCUT2D eigenvalue weighted by molar-refractivity contribution is 0.598. The molecule has 90 valence electrons. The van der Waals surface area contributed by atoms with E-state index in [0.29, 0.717) is 5.02 Å². The molecule has 0 spiro atoms. The van der Waals surface area contributed by atoms with Crippen LogP contribution in [0.15, 0.2) is 33.6 Å². The zero-order valence-electron chi connectivity index (χ0n) is 8.71. The van der Waals surface area contributed by atoms with E-state index >= 15 is 0 Å². The first-order valence-electron chi connectivity index (χ1n) is 4.29. The molecule has 0 bridgehead atoms. The molecule has 1 rings (SSSR count). The Balaban J connectivity index is 3.17.